The molecular weight excluding hydrogens is 236 g/mol. The number of halogens is 2. The summed E-state index contributed by atoms with van der Waals surface area (Å²) in [7, 11) is 1.26. The van der Waals surface area contributed by atoms with Crippen molar-refractivity contribution in [3.63, 3.8) is 0 Å². The highest BCUT2D eigenvalue weighted by atomic mass is 19.3. The predicted octanol–water partition coefficient (Wildman–Crippen LogP) is 0.984. The lowest BCUT2D eigenvalue weighted by Crippen LogP contribution is -2.42. The topological polar surface area (TPSA) is 62.5 Å². The third-order valence-electron chi connectivity index (χ3n) is 1.98. The molecule has 0 spiro atoms. The molecule has 0 unspecified atom stereocenters. The SMILES string of the molecule is CCOC(=O)C(F)(F)c1cc(OC)cc[n+]1[O-]. The number of methoxy groups -OCH3 is 1. The lowest BCUT2D eigenvalue weighted by Gasteiger charge is -2.14. The normalized spacial score (nSPS) is 11.1. The maximum Gasteiger partial charge on any atom is 0.425 e. The summed E-state index contributed by atoms with van der Waals surface area (Å²) in [6.07, 6.45) is 0.835. The predicted molar refractivity (Wildman–Crippen MR) is 52.5 cm³/mol. The zero-order valence-electron chi connectivity index (χ0n) is 9.28. The van der Waals surface area contributed by atoms with Gasteiger partial charge in [-0.15, -0.1) is 0 Å². The van der Waals surface area contributed by atoms with E-state index in [-0.39, 0.29) is 17.1 Å². The van der Waals surface area contributed by atoms with E-state index in [4.69, 9.17) is 4.74 Å². The molecule has 1 heterocycles. The first kappa shape index (κ1) is 13.1. The van der Waals surface area contributed by atoms with E-state index in [2.05, 4.69) is 4.74 Å². The number of pyridine rings is 1. The van der Waals surface area contributed by atoms with Crippen molar-refractivity contribution in [2.75, 3.05) is 13.7 Å². The van der Waals surface area contributed by atoms with Crippen molar-refractivity contribution in [2.24, 2.45) is 0 Å². The highest BCUT2D eigenvalue weighted by molar-refractivity contribution is 5.78. The summed E-state index contributed by atoms with van der Waals surface area (Å²) in [5.41, 5.74) is -1.03. The molecule has 94 valence electrons. The third kappa shape index (κ3) is 2.61. The molecular formula is C10H11F2NO4. The molecule has 0 bridgehead atoms. The van der Waals surface area contributed by atoms with E-state index in [1.165, 1.54) is 20.1 Å². The maximum absolute atomic E-state index is 13.6. The average molecular weight is 247 g/mol. The minimum Gasteiger partial charge on any atom is -0.618 e. The minimum atomic E-state index is -4.01. The van der Waals surface area contributed by atoms with Crippen molar-refractivity contribution in [1.29, 1.82) is 0 Å². The fourth-order valence-corrected chi connectivity index (χ4v) is 1.15. The second kappa shape index (κ2) is 4.94. The number of hydrogen-bond donors (Lipinski definition) is 0. The molecule has 0 saturated heterocycles. The first-order valence-corrected chi connectivity index (χ1v) is 4.76. The molecule has 0 aliphatic rings. The number of carbonyl (C=O) groups excluding carboxylic acids is 1. The van der Waals surface area contributed by atoms with Gasteiger partial charge >= 0.3 is 11.9 Å². The van der Waals surface area contributed by atoms with Gasteiger partial charge in [-0.25, -0.2) is 4.79 Å². The summed E-state index contributed by atoms with van der Waals surface area (Å²) in [6, 6.07) is 2.00. The Bertz CT molecular complexity index is 423. The summed E-state index contributed by atoms with van der Waals surface area (Å²) < 4.78 is 35.9. The number of carbonyl (C=O) groups is 1. The van der Waals surface area contributed by atoms with Gasteiger partial charge in [0.1, 0.15) is 5.75 Å². The van der Waals surface area contributed by atoms with Gasteiger partial charge in [-0.3, -0.25) is 0 Å². The molecule has 0 radical (unpaired) electrons. The van der Waals surface area contributed by atoms with Crippen molar-refractivity contribution in [2.45, 2.75) is 12.8 Å². The van der Waals surface area contributed by atoms with Gasteiger partial charge in [0.2, 0.25) is 0 Å². The number of esters is 1. The Labute approximate surface area is 96.2 Å². The molecule has 5 nitrogen and oxygen atoms in total. The Morgan fingerprint density at radius 3 is 2.76 bits per heavy atom. The Morgan fingerprint density at radius 2 is 2.24 bits per heavy atom. The molecule has 0 fully saturated rings. The molecule has 0 saturated carbocycles. The van der Waals surface area contributed by atoms with Gasteiger partial charge in [0.15, 0.2) is 6.20 Å². The fraction of sp³-hybridized carbons (Fsp3) is 0.400. The fourth-order valence-electron chi connectivity index (χ4n) is 1.15. The second-order valence-corrected chi connectivity index (χ2v) is 3.07. The van der Waals surface area contributed by atoms with Crippen molar-refractivity contribution < 1.29 is 27.8 Å². The molecule has 1 rings (SSSR count). The Balaban J connectivity index is 3.17. The number of ether oxygens (including phenoxy) is 2. The van der Waals surface area contributed by atoms with Crippen molar-refractivity contribution >= 4 is 5.97 Å². The van der Waals surface area contributed by atoms with Crippen molar-refractivity contribution in [3.8, 4) is 5.75 Å². The quantitative estimate of drug-likeness (QED) is 0.452. The molecule has 0 N–H and O–H groups in total. The van der Waals surface area contributed by atoms with Gasteiger partial charge in [-0.2, -0.15) is 13.5 Å². The van der Waals surface area contributed by atoms with Crippen LogP contribution in [0.25, 0.3) is 0 Å². The van der Waals surface area contributed by atoms with Crippen LogP contribution >= 0.6 is 0 Å². The summed E-state index contributed by atoms with van der Waals surface area (Å²) in [5, 5.41) is 11.2. The Kier molecular flexibility index (Phi) is 3.82. The number of rotatable bonds is 4. The monoisotopic (exact) mass is 247 g/mol. The molecule has 7 heteroatoms. The first-order chi connectivity index (χ1) is 7.93. The molecule has 0 atom stereocenters. The zero-order chi connectivity index (χ0) is 13.1. The van der Waals surface area contributed by atoms with Gasteiger partial charge in [0.25, 0.3) is 5.69 Å². The second-order valence-electron chi connectivity index (χ2n) is 3.07. The van der Waals surface area contributed by atoms with E-state index in [0.29, 0.717) is 0 Å². The highest BCUT2D eigenvalue weighted by Gasteiger charge is 2.50. The number of nitrogens with zero attached hydrogens (tertiary/aromatic N) is 1. The van der Waals surface area contributed by atoms with Crippen LogP contribution in [0.2, 0.25) is 0 Å². The van der Waals surface area contributed by atoms with E-state index in [0.717, 1.165) is 12.3 Å². The number of aromatic nitrogens is 1. The van der Waals surface area contributed by atoms with Crippen LogP contribution in [-0.4, -0.2) is 19.7 Å². The van der Waals surface area contributed by atoms with Crippen molar-refractivity contribution in [1.82, 2.24) is 0 Å². The van der Waals surface area contributed by atoms with Crippen LogP contribution in [0.5, 0.6) is 5.75 Å². The summed E-state index contributed by atoms with van der Waals surface area (Å²) in [6.45, 7) is 1.20. The van der Waals surface area contributed by atoms with Crippen LogP contribution < -0.4 is 9.47 Å². The summed E-state index contributed by atoms with van der Waals surface area (Å²) in [4.78, 5) is 11.1. The number of hydrogen-bond acceptors (Lipinski definition) is 4. The molecule has 1 aromatic rings. The zero-order valence-corrected chi connectivity index (χ0v) is 9.28. The lowest BCUT2D eigenvalue weighted by molar-refractivity contribution is -0.623. The van der Waals surface area contributed by atoms with Gasteiger partial charge in [0, 0.05) is 6.07 Å². The summed E-state index contributed by atoms with van der Waals surface area (Å²) in [5.74, 6) is -5.72. The smallest absolute Gasteiger partial charge is 0.425 e. The minimum absolute atomic E-state index is 0.0519. The standard InChI is InChI=1S/C10H11F2NO4/c1-3-17-9(14)10(11,12)8-6-7(16-2)4-5-13(8)15/h4-6H,3H2,1-2H3. The van der Waals surface area contributed by atoms with Crippen LogP contribution in [0.15, 0.2) is 18.3 Å². The van der Waals surface area contributed by atoms with Crippen LogP contribution in [0.4, 0.5) is 8.78 Å². The van der Waals surface area contributed by atoms with E-state index >= 15 is 0 Å². The van der Waals surface area contributed by atoms with E-state index in [1.54, 1.807) is 0 Å². The van der Waals surface area contributed by atoms with Crippen molar-refractivity contribution in [3.05, 3.63) is 29.2 Å². The largest absolute Gasteiger partial charge is 0.618 e. The van der Waals surface area contributed by atoms with Crippen LogP contribution in [-0.2, 0) is 15.5 Å². The van der Waals surface area contributed by atoms with Crippen LogP contribution in [0, 0.1) is 5.21 Å². The highest BCUT2D eigenvalue weighted by Crippen LogP contribution is 2.28. The van der Waals surface area contributed by atoms with Gasteiger partial charge in [0.05, 0.1) is 19.8 Å². The van der Waals surface area contributed by atoms with Crippen LogP contribution in [0.1, 0.15) is 12.6 Å². The van der Waals surface area contributed by atoms with Crippen LogP contribution in [0.3, 0.4) is 0 Å². The molecule has 0 aromatic carbocycles. The number of alkyl halides is 2. The third-order valence-corrected chi connectivity index (χ3v) is 1.98. The lowest BCUT2D eigenvalue weighted by atomic mass is 10.2. The van der Waals surface area contributed by atoms with E-state index in [1.807, 2.05) is 0 Å². The summed E-state index contributed by atoms with van der Waals surface area (Å²) >= 11 is 0. The molecule has 1 aromatic heterocycles. The molecule has 0 aliphatic carbocycles. The average Bonchev–Trinajstić information content (AvgIpc) is 2.29. The Morgan fingerprint density at radius 1 is 1.59 bits per heavy atom. The van der Waals surface area contributed by atoms with Gasteiger partial charge in [-0.05, 0) is 6.92 Å². The maximum atomic E-state index is 13.6. The van der Waals surface area contributed by atoms with Gasteiger partial charge < -0.3 is 14.7 Å². The molecule has 17 heavy (non-hydrogen) atoms. The Hall–Kier alpha value is -1.92. The van der Waals surface area contributed by atoms with E-state index in [9.17, 15) is 18.8 Å². The molecule has 0 aliphatic heterocycles. The first-order valence-electron chi connectivity index (χ1n) is 4.76. The molecule has 0 amide bonds. The van der Waals surface area contributed by atoms with Gasteiger partial charge in [-0.1, -0.05) is 0 Å². The van der Waals surface area contributed by atoms with E-state index < -0.39 is 17.6 Å².